The predicted octanol–water partition coefficient (Wildman–Crippen LogP) is 4.01. The van der Waals surface area contributed by atoms with E-state index in [0.717, 1.165) is 25.7 Å². The molecular formula is C21H23F3N6O2. The van der Waals surface area contributed by atoms with Gasteiger partial charge in [0.25, 0.3) is 0 Å². The zero-order valence-corrected chi connectivity index (χ0v) is 17.2. The SMILES string of the molecule is OC1CC(n2c(Nc3c(F)cc(F)cc3F)nc3cnc(NC4CCCCC4)nc32)CO1. The molecule has 1 saturated heterocycles. The van der Waals surface area contributed by atoms with Gasteiger partial charge in [-0.2, -0.15) is 4.98 Å². The van der Waals surface area contributed by atoms with Gasteiger partial charge in [0.05, 0.1) is 18.8 Å². The summed E-state index contributed by atoms with van der Waals surface area (Å²) in [7, 11) is 0. The molecule has 2 unspecified atom stereocenters. The van der Waals surface area contributed by atoms with Gasteiger partial charge in [0.2, 0.25) is 11.9 Å². The van der Waals surface area contributed by atoms with Crippen LogP contribution in [-0.2, 0) is 4.74 Å². The van der Waals surface area contributed by atoms with Crippen LogP contribution in [0.15, 0.2) is 18.3 Å². The van der Waals surface area contributed by atoms with Crippen molar-refractivity contribution in [2.24, 2.45) is 0 Å². The topological polar surface area (TPSA) is 97.1 Å². The number of fused-ring (bicyclic) bond motifs is 1. The number of hydrogen-bond donors (Lipinski definition) is 3. The number of nitrogens with zero attached hydrogens (tertiary/aromatic N) is 4. The Kier molecular flexibility index (Phi) is 5.60. The average Bonchev–Trinajstić information content (AvgIpc) is 3.34. The number of imidazole rings is 1. The Bertz CT molecular complexity index is 1110. The lowest BCUT2D eigenvalue weighted by Crippen LogP contribution is -2.23. The molecule has 0 spiro atoms. The minimum absolute atomic E-state index is 0.0937. The Morgan fingerprint density at radius 2 is 1.81 bits per heavy atom. The zero-order chi connectivity index (χ0) is 22.2. The molecule has 2 fully saturated rings. The van der Waals surface area contributed by atoms with E-state index in [1.165, 1.54) is 6.42 Å². The Morgan fingerprint density at radius 1 is 1.06 bits per heavy atom. The van der Waals surface area contributed by atoms with Gasteiger partial charge in [0.15, 0.2) is 23.6 Å². The van der Waals surface area contributed by atoms with Crippen molar-refractivity contribution < 1.29 is 23.0 Å². The van der Waals surface area contributed by atoms with Crippen LogP contribution in [-0.4, -0.2) is 43.6 Å². The summed E-state index contributed by atoms with van der Waals surface area (Å²) in [5.41, 5.74) is 0.313. The van der Waals surface area contributed by atoms with E-state index in [2.05, 4.69) is 25.6 Å². The number of benzene rings is 1. The summed E-state index contributed by atoms with van der Waals surface area (Å²) in [6.07, 6.45) is 6.43. The smallest absolute Gasteiger partial charge is 0.224 e. The molecule has 1 saturated carbocycles. The first-order valence-electron chi connectivity index (χ1n) is 10.7. The number of nitrogens with one attached hydrogen (secondary N) is 2. The molecule has 2 atom stereocenters. The maximum Gasteiger partial charge on any atom is 0.224 e. The predicted molar refractivity (Wildman–Crippen MR) is 111 cm³/mol. The third-order valence-corrected chi connectivity index (χ3v) is 5.93. The van der Waals surface area contributed by atoms with Crippen LogP contribution in [0.3, 0.4) is 0 Å². The highest BCUT2D eigenvalue weighted by atomic mass is 19.1. The summed E-state index contributed by atoms with van der Waals surface area (Å²) in [5.74, 6) is -2.66. The van der Waals surface area contributed by atoms with E-state index < -0.39 is 29.4 Å². The highest BCUT2D eigenvalue weighted by Crippen LogP contribution is 2.33. The van der Waals surface area contributed by atoms with Crippen LogP contribution in [0.1, 0.15) is 44.6 Å². The van der Waals surface area contributed by atoms with E-state index in [9.17, 15) is 18.3 Å². The standard InChI is InChI=1S/C21H23F3N6O2/c22-11-6-14(23)18(15(24)7-11)28-21-27-16-9-25-20(26-12-4-2-1-3-5-12)29-19(16)30(21)13-8-17(31)32-10-13/h6-7,9,12-13,17,31H,1-5,8,10H2,(H,27,28)(H,25,26,29). The fourth-order valence-corrected chi connectivity index (χ4v) is 4.37. The van der Waals surface area contributed by atoms with Gasteiger partial charge in [-0.3, -0.25) is 4.57 Å². The molecule has 0 radical (unpaired) electrons. The van der Waals surface area contributed by atoms with Crippen LogP contribution in [0.2, 0.25) is 0 Å². The molecule has 3 heterocycles. The van der Waals surface area contributed by atoms with Gasteiger partial charge in [-0.1, -0.05) is 19.3 Å². The van der Waals surface area contributed by atoms with Crippen LogP contribution in [0.4, 0.5) is 30.8 Å². The summed E-state index contributed by atoms with van der Waals surface area (Å²) in [4.78, 5) is 13.4. The van der Waals surface area contributed by atoms with Crippen molar-refractivity contribution in [3.8, 4) is 0 Å². The van der Waals surface area contributed by atoms with Gasteiger partial charge in [0.1, 0.15) is 17.0 Å². The van der Waals surface area contributed by atoms with Crippen molar-refractivity contribution in [2.75, 3.05) is 17.2 Å². The Hall–Kier alpha value is -2.92. The van der Waals surface area contributed by atoms with Gasteiger partial charge in [0, 0.05) is 24.6 Å². The summed E-state index contributed by atoms with van der Waals surface area (Å²) < 4.78 is 48.8. The van der Waals surface area contributed by atoms with Crippen molar-refractivity contribution in [1.29, 1.82) is 0 Å². The molecule has 5 rings (SSSR count). The molecule has 1 aliphatic heterocycles. The summed E-state index contributed by atoms with van der Waals surface area (Å²) in [5, 5.41) is 15.8. The second-order valence-corrected chi connectivity index (χ2v) is 8.23. The van der Waals surface area contributed by atoms with Crippen molar-refractivity contribution in [1.82, 2.24) is 19.5 Å². The van der Waals surface area contributed by atoms with Crippen LogP contribution in [0, 0.1) is 17.5 Å². The molecule has 1 aliphatic carbocycles. The number of ether oxygens (including phenoxy) is 1. The number of aliphatic hydroxyl groups excluding tert-OH is 1. The summed E-state index contributed by atoms with van der Waals surface area (Å²) >= 11 is 0. The van der Waals surface area contributed by atoms with Crippen molar-refractivity contribution >= 4 is 28.7 Å². The molecule has 1 aromatic carbocycles. The van der Waals surface area contributed by atoms with E-state index in [1.54, 1.807) is 10.8 Å². The first kappa shape index (κ1) is 21.0. The largest absolute Gasteiger partial charge is 0.368 e. The second-order valence-electron chi connectivity index (χ2n) is 8.23. The lowest BCUT2D eigenvalue weighted by atomic mass is 9.96. The number of aliphatic hydroxyl groups is 1. The Morgan fingerprint density at radius 3 is 2.50 bits per heavy atom. The molecule has 32 heavy (non-hydrogen) atoms. The van der Waals surface area contributed by atoms with Crippen LogP contribution in [0.5, 0.6) is 0 Å². The highest BCUT2D eigenvalue weighted by Gasteiger charge is 2.30. The van der Waals surface area contributed by atoms with Crippen molar-refractivity contribution in [3.63, 3.8) is 0 Å². The van der Waals surface area contributed by atoms with E-state index in [-0.39, 0.29) is 31.1 Å². The lowest BCUT2D eigenvalue weighted by molar-refractivity contribution is -0.0591. The molecule has 2 aliphatic rings. The Balaban J connectivity index is 1.54. The Labute approximate surface area is 181 Å². The minimum atomic E-state index is -1.09. The van der Waals surface area contributed by atoms with E-state index in [0.29, 0.717) is 29.2 Å². The monoisotopic (exact) mass is 448 g/mol. The molecule has 8 nitrogen and oxygen atoms in total. The van der Waals surface area contributed by atoms with Gasteiger partial charge < -0.3 is 20.5 Å². The molecule has 170 valence electrons. The fraction of sp³-hybridized carbons (Fsp3) is 0.476. The second kappa shape index (κ2) is 8.55. The van der Waals surface area contributed by atoms with Crippen molar-refractivity contribution in [2.45, 2.75) is 56.9 Å². The quantitative estimate of drug-likeness (QED) is 0.543. The van der Waals surface area contributed by atoms with Crippen molar-refractivity contribution in [3.05, 3.63) is 35.8 Å². The van der Waals surface area contributed by atoms with Gasteiger partial charge in [-0.15, -0.1) is 0 Å². The molecule has 0 bridgehead atoms. The summed E-state index contributed by atoms with van der Waals surface area (Å²) in [6, 6.07) is 1.09. The third kappa shape index (κ3) is 4.09. The third-order valence-electron chi connectivity index (χ3n) is 5.93. The molecule has 3 aromatic rings. The molecule has 0 amide bonds. The first-order chi connectivity index (χ1) is 15.5. The average molecular weight is 448 g/mol. The maximum absolute atomic E-state index is 14.3. The van der Waals surface area contributed by atoms with Gasteiger partial charge in [-0.05, 0) is 12.8 Å². The first-order valence-corrected chi connectivity index (χ1v) is 10.7. The van der Waals surface area contributed by atoms with E-state index in [4.69, 9.17) is 4.74 Å². The van der Waals surface area contributed by atoms with Gasteiger partial charge >= 0.3 is 0 Å². The number of halogens is 3. The number of anilines is 3. The van der Waals surface area contributed by atoms with E-state index in [1.807, 2.05) is 0 Å². The highest BCUT2D eigenvalue weighted by molar-refractivity contribution is 5.76. The van der Waals surface area contributed by atoms with Gasteiger partial charge in [-0.25, -0.2) is 23.1 Å². The molecule has 3 N–H and O–H groups in total. The normalized spacial score (nSPS) is 21.9. The minimum Gasteiger partial charge on any atom is -0.368 e. The van der Waals surface area contributed by atoms with Crippen LogP contribution in [0.25, 0.3) is 11.2 Å². The summed E-state index contributed by atoms with van der Waals surface area (Å²) in [6.45, 7) is 0.172. The fourth-order valence-electron chi connectivity index (χ4n) is 4.37. The number of rotatable bonds is 5. The van der Waals surface area contributed by atoms with Crippen LogP contribution < -0.4 is 10.6 Å². The number of hydrogen-bond acceptors (Lipinski definition) is 7. The maximum atomic E-state index is 14.3. The molecule has 11 heteroatoms. The van der Waals surface area contributed by atoms with Crippen LogP contribution >= 0.6 is 0 Å². The number of aromatic nitrogens is 4. The molecular weight excluding hydrogens is 425 g/mol. The lowest BCUT2D eigenvalue weighted by Gasteiger charge is -2.22. The zero-order valence-electron chi connectivity index (χ0n) is 17.2. The van der Waals surface area contributed by atoms with E-state index >= 15 is 0 Å². The molecule has 2 aromatic heterocycles.